The van der Waals surface area contributed by atoms with Gasteiger partial charge in [0.05, 0.1) is 6.61 Å². The standard InChI is InChI=1S/C17H20N2O3/c1-3-14-7-8-16(22-14)15(12-21-2)19-17(20)9-6-13-5-4-10-18-11-13/h4-11,15H,3,12H2,1-2H3,(H,19,20)/b9-6-/t15-/m1/s1. The number of nitrogens with zero attached hydrogens (tertiary/aromatic N) is 1. The number of carbonyl (C=O) groups excluding carboxylic acids is 1. The van der Waals surface area contributed by atoms with Crippen molar-refractivity contribution in [3.8, 4) is 0 Å². The molecule has 2 heterocycles. The molecule has 5 nitrogen and oxygen atoms in total. The number of amides is 1. The van der Waals surface area contributed by atoms with Gasteiger partial charge in [-0.3, -0.25) is 9.78 Å². The molecule has 1 atom stereocenters. The normalized spacial score (nSPS) is 12.5. The van der Waals surface area contributed by atoms with E-state index in [2.05, 4.69) is 10.3 Å². The van der Waals surface area contributed by atoms with Crippen molar-refractivity contribution in [3.63, 3.8) is 0 Å². The fourth-order valence-electron chi connectivity index (χ4n) is 2.00. The third-order valence-electron chi connectivity index (χ3n) is 3.14. The maximum atomic E-state index is 12.0. The van der Waals surface area contributed by atoms with Gasteiger partial charge in [-0.25, -0.2) is 0 Å². The molecule has 2 aromatic heterocycles. The van der Waals surface area contributed by atoms with E-state index in [1.165, 1.54) is 6.08 Å². The summed E-state index contributed by atoms with van der Waals surface area (Å²) in [4.78, 5) is 16.0. The fraction of sp³-hybridized carbons (Fsp3) is 0.294. The Bertz CT molecular complexity index is 620. The molecule has 22 heavy (non-hydrogen) atoms. The average Bonchev–Trinajstić information content (AvgIpc) is 3.02. The zero-order valence-corrected chi connectivity index (χ0v) is 12.8. The number of ether oxygens (including phenoxy) is 1. The summed E-state index contributed by atoms with van der Waals surface area (Å²) < 4.78 is 10.8. The molecular formula is C17H20N2O3. The molecule has 0 aliphatic heterocycles. The van der Waals surface area contributed by atoms with Gasteiger partial charge in [-0.05, 0) is 29.8 Å². The minimum Gasteiger partial charge on any atom is -0.464 e. The maximum Gasteiger partial charge on any atom is 0.244 e. The number of carbonyl (C=O) groups is 1. The summed E-state index contributed by atoms with van der Waals surface area (Å²) in [6, 6.07) is 7.17. The number of nitrogens with one attached hydrogen (secondary N) is 1. The summed E-state index contributed by atoms with van der Waals surface area (Å²) in [6.45, 7) is 2.37. The number of rotatable bonds is 7. The highest BCUT2D eigenvalue weighted by molar-refractivity contribution is 5.91. The molecule has 0 saturated carbocycles. The largest absolute Gasteiger partial charge is 0.464 e. The van der Waals surface area contributed by atoms with Crippen LogP contribution in [0.15, 0.2) is 47.2 Å². The first-order chi connectivity index (χ1) is 10.7. The van der Waals surface area contributed by atoms with Crippen LogP contribution in [-0.4, -0.2) is 24.6 Å². The molecule has 1 N–H and O–H groups in total. The summed E-state index contributed by atoms with van der Waals surface area (Å²) in [5.74, 6) is 1.37. The SMILES string of the molecule is CCc1ccc([C@@H](COC)NC(=O)/C=C\c2cccnc2)o1. The van der Waals surface area contributed by atoms with Gasteiger partial charge < -0.3 is 14.5 Å². The predicted octanol–water partition coefficient (Wildman–Crippen LogP) is 2.75. The minimum atomic E-state index is -0.309. The number of hydrogen-bond acceptors (Lipinski definition) is 4. The monoisotopic (exact) mass is 300 g/mol. The molecule has 0 bridgehead atoms. The van der Waals surface area contributed by atoms with E-state index in [0.29, 0.717) is 12.4 Å². The Kier molecular flexibility index (Phi) is 5.91. The van der Waals surface area contributed by atoms with E-state index in [-0.39, 0.29) is 11.9 Å². The lowest BCUT2D eigenvalue weighted by Gasteiger charge is -2.14. The number of hydrogen-bond donors (Lipinski definition) is 1. The van der Waals surface area contributed by atoms with Crippen LogP contribution in [0.5, 0.6) is 0 Å². The van der Waals surface area contributed by atoms with Crippen LogP contribution in [0.4, 0.5) is 0 Å². The first-order valence-corrected chi connectivity index (χ1v) is 7.19. The second-order valence-electron chi connectivity index (χ2n) is 4.79. The molecule has 0 aliphatic rings. The Labute approximate surface area is 130 Å². The van der Waals surface area contributed by atoms with Crippen LogP contribution < -0.4 is 5.32 Å². The highest BCUT2D eigenvalue weighted by Gasteiger charge is 2.17. The molecule has 0 saturated heterocycles. The van der Waals surface area contributed by atoms with Crippen molar-refractivity contribution in [2.45, 2.75) is 19.4 Å². The van der Waals surface area contributed by atoms with Gasteiger partial charge >= 0.3 is 0 Å². The number of methoxy groups -OCH3 is 1. The molecule has 0 spiro atoms. The average molecular weight is 300 g/mol. The lowest BCUT2D eigenvalue weighted by molar-refractivity contribution is -0.117. The Balaban J connectivity index is 2.01. The number of pyridine rings is 1. The third kappa shape index (κ3) is 4.56. The lowest BCUT2D eigenvalue weighted by atomic mass is 10.2. The Morgan fingerprint density at radius 1 is 1.45 bits per heavy atom. The first-order valence-electron chi connectivity index (χ1n) is 7.19. The molecule has 116 valence electrons. The molecule has 0 radical (unpaired) electrons. The van der Waals surface area contributed by atoms with Gasteiger partial charge in [0.25, 0.3) is 0 Å². The van der Waals surface area contributed by atoms with Crippen LogP contribution >= 0.6 is 0 Å². The van der Waals surface area contributed by atoms with Crippen molar-refractivity contribution >= 4 is 12.0 Å². The topological polar surface area (TPSA) is 64.4 Å². The van der Waals surface area contributed by atoms with Crippen LogP contribution in [-0.2, 0) is 16.0 Å². The molecule has 0 aromatic carbocycles. The van der Waals surface area contributed by atoms with E-state index in [1.807, 2.05) is 31.2 Å². The maximum absolute atomic E-state index is 12.0. The molecule has 2 aromatic rings. The van der Waals surface area contributed by atoms with Gasteiger partial charge in [0.1, 0.15) is 17.6 Å². The molecule has 1 amide bonds. The summed E-state index contributed by atoms with van der Waals surface area (Å²) in [5.41, 5.74) is 0.868. The third-order valence-corrected chi connectivity index (χ3v) is 3.14. The van der Waals surface area contributed by atoms with Crippen LogP contribution in [0.1, 0.15) is 30.0 Å². The zero-order chi connectivity index (χ0) is 15.8. The van der Waals surface area contributed by atoms with Crippen LogP contribution in [0.2, 0.25) is 0 Å². The quantitative estimate of drug-likeness (QED) is 0.799. The van der Waals surface area contributed by atoms with Gasteiger partial charge in [0.2, 0.25) is 5.91 Å². The van der Waals surface area contributed by atoms with Crippen molar-refractivity contribution in [2.75, 3.05) is 13.7 Å². The molecular weight excluding hydrogens is 280 g/mol. The summed E-state index contributed by atoms with van der Waals surface area (Å²) in [5, 5.41) is 2.88. The smallest absolute Gasteiger partial charge is 0.244 e. The second-order valence-corrected chi connectivity index (χ2v) is 4.79. The van der Waals surface area contributed by atoms with Gasteiger partial charge in [-0.2, -0.15) is 0 Å². The van der Waals surface area contributed by atoms with Crippen LogP contribution in [0.3, 0.4) is 0 Å². The summed E-state index contributed by atoms with van der Waals surface area (Å²) in [6.07, 6.45) is 7.38. The van der Waals surface area contributed by atoms with Crippen molar-refractivity contribution in [2.24, 2.45) is 0 Å². The Morgan fingerprint density at radius 2 is 2.32 bits per heavy atom. The van der Waals surface area contributed by atoms with Gasteiger partial charge in [-0.15, -0.1) is 0 Å². The van der Waals surface area contributed by atoms with Crippen molar-refractivity contribution < 1.29 is 13.9 Å². The van der Waals surface area contributed by atoms with E-state index in [4.69, 9.17) is 9.15 Å². The molecule has 5 heteroatoms. The Morgan fingerprint density at radius 3 is 2.95 bits per heavy atom. The van der Waals surface area contributed by atoms with E-state index in [0.717, 1.165) is 17.7 Å². The van der Waals surface area contributed by atoms with Gasteiger partial charge in [0, 0.05) is 32.0 Å². The van der Waals surface area contributed by atoms with Crippen molar-refractivity contribution in [1.82, 2.24) is 10.3 Å². The predicted molar refractivity (Wildman–Crippen MR) is 84.1 cm³/mol. The van der Waals surface area contributed by atoms with E-state index >= 15 is 0 Å². The molecule has 0 fully saturated rings. The molecule has 0 unspecified atom stereocenters. The van der Waals surface area contributed by atoms with Crippen LogP contribution in [0, 0.1) is 0 Å². The summed E-state index contributed by atoms with van der Waals surface area (Å²) >= 11 is 0. The fourth-order valence-corrected chi connectivity index (χ4v) is 2.00. The lowest BCUT2D eigenvalue weighted by Crippen LogP contribution is -2.29. The summed E-state index contributed by atoms with van der Waals surface area (Å²) in [7, 11) is 1.59. The highest BCUT2D eigenvalue weighted by atomic mass is 16.5. The Hall–Kier alpha value is -2.40. The van der Waals surface area contributed by atoms with E-state index in [9.17, 15) is 4.79 Å². The molecule has 2 rings (SSSR count). The second kappa shape index (κ2) is 8.14. The first kappa shape index (κ1) is 16.0. The highest BCUT2D eigenvalue weighted by Crippen LogP contribution is 2.17. The van der Waals surface area contributed by atoms with E-state index < -0.39 is 0 Å². The van der Waals surface area contributed by atoms with Crippen molar-refractivity contribution in [3.05, 3.63) is 59.8 Å². The molecule has 0 aliphatic carbocycles. The van der Waals surface area contributed by atoms with Crippen LogP contribution in [0.25, 0.3) is 6.08 Å². The number of furan rings is 1. The van der Waals surface area contributed by atoms with E-state index in [1.54, 1.807) is 25.6 Å². The van der Waals surface area contributed by atoms with Crippen molar-refractivity contribution in [1.29, 1.82) is 0 Å². The van der Waals surface area contributed by atoms with Gasteiger partial charge in [-0.1, -0.05) is 13.0 Å². The number of aromatic nitrogens is 1. The minimum absolute atomic E-state index is 0.208. The number of aryl methyl sites for hydroxylation is 1. The zero-order valence-electron chi connectivity index (χ0n) is 12.8. The van der Waals surface area contributed by atoms with Gasteiger partial charge in [0.15, 0.2) is 0 Å².